The summed E-state index contributed by atoms with van der Waals surface area (Å²) < 4.78 is 4.93. The van der Waals surface area contributed by atoms with Crippen LogP contribution in [0.25, 0.3) is 0 Å². The monoisotopic (exact) mass is 274 g/mol. The minimum Gasteiger partial charge on any atom is -0.338 e. The molecule has 1 fully saturated rings. The van der Waals surface area contributed by atoms with Crippen molar-refractivity contribution in [2.24, 2.45) is 5.73 Å². The molecule has 0 saturated carbocycles. The van der Waals surface area contributed by atoms with Crippen molar-refractivity contribution in [2.75, 3.05) is 25.0 Å². The number of nitrogens with two attached hydrogens (primary N) is 1. The Morgan fingerprint density at radius 1 is 1.72 bits per heavy atom. The molecule has 3 N–H and O–H groups in total. The highest BCUT2D eigenvalue weighted by Gasteiger charge is 2.25. The fraction of sp³-hybridized carbons (Fsp3) is 0.636. The topological polar surface area (TPSA) is 84.4 Å². The number of nitrogens with zero attached hydrogens (tertiary/aromatic N) is 2. The van der Waals surface area contributed by atoms with Gasteiger partial charge in [0.25, 0.3) is 0 Å². The molecule has 18 heavy (non-hydrogen) atoms. The average molecular weight is 275 g/mol. The molecule has 102 valence electrons. The normalized spacial score (nSPS) is 19.6. The lowest BCUT2D eigenvalue weighted by Crippen LogP contribution is -2.40. The Labute approximate surface area is 112 Å². The summed E-state index contributed by atoms with van der Waals surface area (Å²) in [7, 11) is 0. The summed E-state index contributed by atoms with van der Waals surface area (Å²) in [4.78, 5) is 13.9. The van der Waals surface area contributed by atoms with Gasteiger partial charge in [-0.2, -0.15) is 0 Å². The zero-order chi connectivity index (χ0) is 12.3. The Balaban J connectivity index is 0.00000162. The maximum Gasteiger partial charge on any atom is 0.240 e. The molecule has 6 nitrogen and oxygen atoms in total. The molecule has 2 rings (SSSR count). The summed E-state index contributed by atoms with van der Waals surface area (Å²) in [5.41, 5.74) is 6.41. The van der Waals surface area contributed by atoms with Gasteiger partial charge in [-0.05, 0) is 26.3 Å². The summed E-state index contributed by atoms with van der Waals surface area (Å²) in [6.45, 7) is 3.71. The van der Waals surface area contributed by atoms with Gasteiger partial charge in [-0.15, -0.1) is 12.4 Å². The van der Waals surface area contributed by atoms with E-state index in [1.54, 1.807) is 6.07 Å². The molecule has 1 aromatic heterocycles. The lowest BCUT2D eigenvalue weighted by atomic mass is 10.2. The van der Waals surface area contributed by atoms with Gasteiger partial charge in [0, 0.05) is 18.7 Å². The van der Waals surface area contributed by atoms with E-state index in [-0.39, 0.29) is 18.3 Å². The Morgan fingerprint density at radius 3 is 3.11 bits per heavy atom. The number of hydrogen-bond acceptors (Lipinski definition) is 5. The van der Waals surface area contributed by atoms with Gasteiger partial charge in [-0.3, -0.25) is 15.0 Å². The highest BCUT2D eigenvalue weighted by molar-refractivity contribution is 5.91. The van der Waals surface area contributed by atoms with Crippen LogP contribution >= 0.6 is 12.4 Å². The van der Waals surface area contributed by atoms with Gasteiger partial charge in [-0.1, -0.05) is 5.16 Å². The predicted molar refractivity (Wildman–Crippen MR) is 70.8 cm³/mol. The molecule has 1 atom stereocenters. The van der Waals surface area contributed by atoms with Crippen molar-refractivity contribution < 1.29 is 9.32 Å². The van der Waals surface area contributed by atoms with Crippen LogP contribution in [-0.2, 0) is 4.79 Å². The maximum atomic E-state index is 11.8. The van der Waals surface area contributed by atoms with E-state index in [9.17, 15) is 4.79 Å². The Hall–Kier alpha value is -1.11. The van der Waals surface area contributed by atoms with Gasteiger partial charge in [-0.25, -0.2) is 0 Å². The van der Waals surface area contributed by atoms with Crippen molar-refractivity contribution in [3.63, 3.8) is 0 Å². The van der Waals surface area contributed by atoms with Crippen molar-refractivity contribution in [1.82, 2.24) is 10.1 Å². The van der Waals surface area contributed by atoms with E-state index in [1.807, 2.05) is 6.92 Å². The second-order valence-electron chi connectivity index (χ2n) is 4.38. The number of halogens is 1. The molecule has 0 bridgehead atoms. The van der Waals surface area contributed by atoms with Crippen LogP contribution < -0.4 is 11.1 Å². The van der Waals surface area contributed by atoms with Crippen LogP contribution in [0.15, 0.2) is 10.6 Å². The van der Waals surface area contributed by atoms with Crippen LogP contribution in [0.3, 0.4) is 0 Å². The van der Waals surface area contributed by atoms with Crippen molar-refractivity contribution in [1.29, 1.82) is 0 Å². The molecular weight excluding hydrogens is 256 g/mol. The largest absolute Gasteiger partial charge is 0.338 e. The Bertz CT molecular complexity index is 396. The van der Waals surface area contributed by atoms with E-state index in [1.165, 1.54) is 0 Å². The van der Waals surface area contributed by atoms with Crippen molar-refractivity contribution in [3.05, 3.63) is 11.8 Å². The van der Waals surface area contributed by atoms with Gasteiger partial charge < -0.3 is 10.3 Å². The molecule has 1 unspecified atom stereocenters. The van der Waals surface area contributed by atoms with Crippen LogP contribution in [0.2, 0.25) is 0 Å². The second kappa shape index (κ2) is 6.72. The molecule has 0 radical (unpaired) electrons. The highest BCUT2D eigenvalue weighted by atomic mass is 35.5. The van der Waals surface area contributed by atoms with Crippen LogP contribution in [-0.4, -0.2) is 41.6 Å². The van der Waals surface area contributed by atoms with Crippen LogP contribution in [0.4, 0.5) is 5.88 Å². The number of rotatable bonds is 4. The first-order valence-electron chi connectivity index (χ1n) is 5.86. The molecule has 1 aliphatic rings. The van der Waals surface area contributed by atoms with E-state index in [0.29, 0.717) is 25.0 Å². The molecule has 1 amide bonds. The summed E-state index contributed by atoms with van der Waals surface area (Å²) in [5, 5.41) is 6.39. The molecule has 7 heteroatoms. The summed E-state index contributed by atoms with van der Waals surface area (Å²) in [6.07, 6.45) is 2.18. The quantitative estimate of drug-likeness (QED) is 0.847. The SMILES string of the molecule is Cc1cc(NC(=O)CN2CCCC2CN)on1.Cl. The number of hydrogen-bond donors (Lipinski definition) is 2. The molecule has 0 spiro atoms. The number of nitrogens with one attached hydrogen (secondary N) is 1. The predicted octanol–water partition coefficient (Wildman–Crippen LogP) is 0.766. The van der Waals surface area contributed by atoms with E-state index < -0.39 is 0 Å². The van der Waals surface area contributed by atoms with Gasteiger partial charge >= 0.3 is 0 Å². The highest BCUT2D eigenvalue weighted by Crippen LogP contribution is 2.16. The van der Waals surface area contributed by atoms with Crippen molar-refractivity contribution in [2.45, 2.75) is 25.8 Å². The van der Waals surface area contributed by atoms with Gasteiger partial charge in [0.2, 0.25) is 11.8 Å². The molecular formula is C11H19ClN4O2. The third kappa shape index (κ3) is 3.69. The van der Waals surface area contributed by atoms with Gasteiger partial charge in [0.05, 0.1) is 12.2 Å². The lowest BCUT2D eigenvalue weighted by Gasteiger charge is -2.21. The van der Waals surface area contributed by atoms with Crippen LogP contribution in [0, 0.1) is 6.92 Å². The Morgan fingerprint density at radius 2 is 2.50 bits per heavy atom. The number of carbonyl (C=O) groups excluding carboxylic acids is 1. The fourth-order valence-corrected chi connectivity index (χ4v) is 2.15. The molecule has 0 aromatic carbocycles. The van der Waals surface area contributed by atoms with E-state index >= 15 is 0 Å². The molecule has 1 saturated heterocycles. The van der Waals surface area contributed by atoms with Crippen molar-refractivity contribution in [3.8, 4) is 0 Å². The van der Waals surface area contributed by atoms with E-state index in [2.05, 4.69) is 15.4 Å². The molecule has 2 heterocycles. The first-order chi connectivity index (χ1) is 8.19. The molecule has 1 aliphatic heterocycles. The molecule has 1 aromatic rings. The van der Waals surface area contributed by atoms with E-state index in [0.717, 1.165) is 25.1 Å². The fourth-order valence-electron chi connectivity index (χ4n) is 2.15. The standard InChI is InChI=1S/C11H18N4O2.ClH/c1-8-5-11(17-14-8)13-10(16)7-15-4-2-3-9(15)6-12;/h5,9H,2-4,6-7,12H2,1H3,(H,13,16);1H. The number of carbonyl (C=O) groups is 1. The second-order valence-corrected chi connectivity index (χ2v) is 4.38. The van der Waals surface area contributed by atoms with Crippen LogP contribution in [0.5, 0.6) is 0 Å². The van der Waals surface area contributed by atoms with Gasteiger partial charge in [0.15, 0.2) is 0 Å². The minimum absolute atomic E-state index is 0. The average Bonchev–Trinajstić information content (AvgIpc) is 2.87. The number of anilines is 1. The number of aromatic nitrogens is 1. The zero-order valence-corrected chi connectivity index (χ0v) is 11.2. The first kappa shape index (κ1) is 14.9. The van der Waals surface area contributed by atoms with Crippen molar-refractivity contribution >= 4 is 24.2 Å². The third-order valence-electron chi connectivity index (χ3n) is 3.01. The van der Waals surface area contributed by atoms with E-state index in [4.69, 9.17) is 10.3 Å². The smallest absolute Gasteiger partial charge is 0.240 e. The first-order valence-corrected chi connectivity index (χ1v) is 5.86. The Kier molecular flexibility index (Phi) is 5.58. The zero-order valence-electron chi connectivity index (χ0n) is 10.4. The minimum atomic E-state index is -0.0819. The number of likely N-dealkylation sites (tertiary alicyclic amines) is 1. The lowest BCUT2D eigenvalue weighted by molar-refractivity contribution is -0.117. The third-order valence-corrected chi connectivity index (χ3v) is 3.01. The molecule has 0 aliphatic carbocycles. The maximum absolute atomic E-state index is 11.8. The summed E-state index contributed by atoms with van der Waals surface area (Å²) in [5.74, 6) is 0.317. The van der Waals surface area contributed by atoms with Crippen LogP contribution in [0.1, 0.15) is 18.5 Å². The van der Waals surface area contributed by atoms with Gasteiger partial charge in [0.1, 0.15) is 0 Å². The summed E-state index contributed by atoms with van der Waals surface area (Å²) >= 11 is 0. The number of amides is 1. The summed E-state index contributed by atoms with van der Waals surface area (Å²) in [6, 6.07) is 2.03. The number of aryl methyl sites for hydroxylation is 1.